The highest BCUT2D eigenvalue weighted by Crippen LogP contribution is 2.31. The van der Waals surface area contributed by atoms with Gasteiger partial charge in [0, 0.05) is 12.8 Å². The standard InChI is InChI=1S/C14H16ClNO3/c1-2-19-13(18)14(16-12(17)9-15)7-10-5-3-4-6-11(10)8-14/h3-6H,2,7-9H2,1H3,(H,16,17). The van der Waals surface area contributed by atoms with Gasteiger partial charge in [0.2, 0.25) is 5.91 Å². The van der Waals surface area contributed by atoms with Crippen LogP contribution in [0.25, 0.3) is 0 Å². The number of hydrogen-bond donors (Lipinski definition) is 1. The van der Waals surface area contributed by atoms with Gasteiger partial charge < -0.3 is 10.1 Å². The third kappa shape index (κ3) is 2.73. The Morgan fingerprint density at radius 1 is 1.32 bits per heavy atom. The minimum Gasteiger partial charge on any atom is -0.464 e. The van der Waals surface area contributed by atoms with E-state index in [-0.39, 0.29) is 18.4 Å². The normalized spacial score (nSPS) is 15.7. The van der Waals surface area contributed by atoms with Crippen LogP contribution in [0.15, 0.2) is 24.3 Å². The molecule has 4 nitrogen and oxygen atoms in total. The Balaban J connectivity index is 2.28. The molecular weight excluding hydrogens is 266 g/mol. The highest BCUT2D eigenvalue weighted by Gasteiger charge is 2.46. The molecule has 0 saturated carbocycles. The number of halogens is 1. The van der Waals surface area contributed by atoms with E-state index in [2.05, 4.69) is 5.32 Å². The van der Waals surface area contributed by atoms with Crippen LogP contribution in [0.2, 0.25) is 0 Å². The summed E-state index contributed by atoms with van der Waals surface area (Å²) in [6.07, 6.45) is 0.898. The molecule has 1 N–H and O–H groups in total. The molecule has 0 aromatic heterocycles. The molecule has 5 heteroatoms. The van der Waals surface area contributed by atoms with Crippen LogP contribution in [0.5, 0.6) is 0 Å². The van der Waals surface area contributed by atoms with Crippen LogP contribution in [0.1, 0.15) is 18.1 Å². The molecule has 1 amide bonds. The van der Waals surface area contributed by atoms with Crippen molar-refractivity contribution in [2.24, 2.45) is 0 Å². The van der Waals surface area contributed by atoms with Crippen molar-refractivity contribution in [1.82, 2.24) is 5.32 Å². The number of esters is 1. The van der Waals surface area contributed by atoms with Gasteiger partial charge in [-0.1, -0.05) is 24.3 Å². The Morgan fingerprint density at radius 3 is 2.37 bits per heavy atom. The number of carbonyl (C=O) groups excluding carboxylic acids is 2. The van der Waals surface area contributed by atoms with Crippen LogP contribution in [-0.2, 0) is 27.2 Å². The Kier molecular flexibility index (Phi) is 4.10. The Labute approximate surface area is 117 Å². The van der Waals surface area contributed by atoms with Crippen molar-refractivity contribution in [2.75, 3.05) is 12.5 Å². The molecule has 1 aromatic carbocycles. The lowest BCUT2D eigenvalue weighted by Crippen LogP contribution is -2.56. The van der Waals surface area contributed by atoms with Crippen LogP contribution < -0.4 is 5.32 Å². The molecule has 0 radical (unpaired) electrons. The third-order valence-electron chi connectivity index (χ3n) is 3.27. The van der Waals surface area contributed by atoms with Crippen molar-refractivity contribution >= 4 is 23.5 Å². The maximum absolute atomic E-state index is 12.2. The SMILES string of the molecule is CCOC(=O)C1(NC(=O)CCl)Cc2ccccc2C1. The average Bonchev–Trinajstić information content (AvgIpc) is 2.78. The van der Waals surface area contributed by atoms with Crippen LogP contribution in [0, 0.1) is 0 Å². The monoisotopic (exact) mass is 281 g/mol. The number of alkyl halides is 1. The molecule has 1 aliphatic carbocycles. The van der Waals surface area contributed by atoms with Gasteiger partial charge in [-0.05, 0) is 18.1 Å². The van der Waals surface area contributed by atoms with Crippen molar-refractivity contribution in [2.45, 2.75) is 25.3 Å². The third-order valence-corrected chi connectivity index (χ3v) is 3.51. The number of fused-ring (bicyclic) bond motifs is 1. The van der Waals surface area contributed by atoms with E-state index in [1.54, 1.807) is 6.92 Å². The molecule has 1 aliphatic rings. The summed E-state index contributed by atoms with van der Waals surface area (Å²) in [7, 11) is 0. The molecule has 2 rings (SSSR count). The lowest BCUT2D eigenvalue weighted by molar-refractivity contribution is -0.152. The van der Waals surface area contributed by atoms with E-state index >= 15 is 0 Å². The van der Waals surface area contributed by atoms with Gasteiger partial charge in [-0.15, -0.1) is 11.6 Å². The summed E-state index contributed by atoms with van der Waals surface area (Å²) in [6.45, 7) is 2.03. The summed E-state index contributed by atoms with van der Waals surface area (Å²) in [6, 6.07) is 7.76. The van der Waals surface area contributed by atoms with Crippen molar-refractivity contribution < 1.29 is 14.3 Å². The predicted molar refractivity (Wildman–Crippen MR) is 72.1 cm³/mol. The van der Waals surface area contributed by atoms with Crippen molar-refractivity contribution in [1.29, 1.82) is 0 Å². The highest BCUT2D eigenvalue weighted by molar-refractivity contribution is 6.27. The van der Waals surface area contributed by atoms with Gasteiger partial charge in [-0.3, -0.25) is 4.79 Å². The zero-order valence-corrected chi connectivity index (χ0v) is 11.5. The molecule has 0 saturated heterocycles. The first-order valence-electron chi connectivity index (χ1n) is 6.22. The van der Waals surface area contributed by atoms with Crippen LogP contribution in [-0.4, -0.2) is 29.9 Å². The fourth-order valence-electron chi connectivity index (χ4n) is 2.47. The van der Waals surface area contributed by atoms with Crippen LogP contribution in [0.4, 0.5) is 0 Å². The first-order valence-corrected chi connectivity index (χ1v) is 6.76. The fourth-order valence-corrected chi connectivity index (χ4v) is 2.54. The second-order valence-electron chi connectivity index (χ2n) is 4.61. The maximum Gasteiger partial charge on any atom is 0.332 e. The number of nitrogens with one attached hydrogen (secondary N) is 1. The number of carbonyl (C=O) groups is 2. The quantitative estimate of drug-likeness (QED) is 0.671. The molecule has 0 fully saturated rings. The molecule has 0 unspecified atom stereocenters. The second-order valence-corrected chi connectivity index (χ2v) is 4.87. The summed E-state index contributed by atoms with van der Waals surface area (Å²) in [5.74, 6) is -0.926. The summed E-state index contributed by atoms with van der Waals surface area (Å²) in [4.78, 5) is 23.8. The van der Waals surface area contributed by atoms with E-state index in [0.29, 0.717) is 12.8 Å². The summed E-state index contributed by atoms with van der Waals surface area (Å²) >= 11 is 5.52. The van der Waals surface area contributed by atoms with Crippen molar-refractivity contribution in [3.63, 3.8) is 0 Å². The van der Waals surface area contributed by atoms with Gasteiger partial charge in [-0.25, -0.2) is 4.79 Å². The average molecular weight is 282 g/mol. The topological polar surface area (TPSA) is 55.4 Å². The second kappa shape index (κ2) is 5.61. The smallest absolute Gasteiger partial charge is 0.332 e. The zero-order chi connectivity index (χ0) is 13.9. The van der Waals surface area contributed by atoms with Gasteiger partial charge >= 0.3 is 5.97 Å². The summed E-state index contributed by atoms with van der Waals surface area (Å²) < 4.78 is 5.11. The lowest BCUT2D eigenvalue weighted by atomic mass is 9.95. The first kappa shape index (κ1) is 13.9. The predicted octanol–water partition coefficient (Wildman–Crippen LogP) is 1.44. The molecule has 0 spiro atoms. The maximum atomic E-state index is 12.2. The van der Waals surface area contributed by atoms with Crippen LogP contribution >= 0.6 is 11.6 Å². The van der Waals surface area contributed by atoms with Gasteiger partial charge in [0.15, 0.2) is 0 Å². The van der Waals surface area contributed by atoms with Crippen molar-refractivity contribution in [3.05, 3.63) is 35.4 Å². The first-order chi connectivity index (χ1) is 9.11. The van der Waals surface area contributed by atoms with Gasteiger partial charge in [0.05, 0.1) is 6.61 Å². The van der Waals surface area contributed by atoms with Gasteiger partial charge in [0.1, 0.15) is 11.4 Å². The van der Waals surface area contributed by atoms with Crippen molar-refractivity contribution in [3.8, 4) is 0 Å². The van der Waals surface area contributed by atoms with Gasteiger partial charge in [-0.2, -0.15) is 0 Å². The number of rotatable bonds is 4. The van der Waals surface area contributed by atoms with E-state index in [4.69, 9.17) is 16.3 Å². The molecule has 19 heavy (non-hydrogen) atoms. The van der Waals surface area contributed by atoms with E-state index in [0.717, 1.165) is 11.1 Å². The Morgan fingerprint density at radius 2 is 1.89 bits per heavy atom. The van der Waals surface area contributed by atoms with E-state index in [9.17, 15) is 9.59 Å². The molecule has 0 heterocycles. The molecule has 0 atom stereocenters. The molecule has 0 aliphatic heterocycles. The summed E-state index contributed by atoms with van der Waals surface area (Å²) in [5.41, 5.74) is 1.11. The number of ether oxygens (including phenoxy) is 1. The highest BCUT2D eigenvalue weighted by atomic mass is 35.5. The van der Waals surface area contributed by atoms with E-state index in [1.807, 2.05) is 24.3 Å². The Hall–Kier alpha value is -1.55. The lowest BCUT2D eigenvalue weighted by Gasteiger charge is -2.27. The van der Waals surface area contributed by atoms with E-state index in [1.165, 1.54) is 0 Å². The number of amides is 1. The Bertz CT molecular complexity index is 476. The molecule has 1 aromatic rings. The minimum atomic E-state index is -1.01. The van der Waals surface area contributed by atoms with Gasteiger partial charge in [0.25, 0.3) is 0 Å². The molecular formula is C14H16ClNO3. The molecule has 0 bridgehead atoms. The zero-order valence-electron chi connectivity index (χ0n) is 10.7. The number of hydrogen-bond acceptors (Lipinski definition) is 3. The van der Waals surface area contributed by atoms with Crippen LogP contribution in [0.3, 0.4) is 0 Å². The fraction of sp³-hybridized carbons (Fsp3) is 0.429. The molecule has 102 valence electrons. The summed E-state index contributed by atoms with van der Waals surface area (Å²) in [5, 5.41) is 2.73. The number of benzene rings is 1. The minimum absolute atomic E-state index is 0.169. The van der Waals surface area contributed by atoms with E-state index < -0.39 is 11.5 Å². The largest absolute Gasteiger partial charge is 0.464 e.